The van der Waals surface area contributed by atoms with Gasteiger partial charge in [0.2, 0.25) is 0 Å². The zero-order chi connectivity index (χ0) is 19.1. The minimum Gasteiger partial charge on any atom is -0.397 e. The monoisotopic (exact) mass is 377 g/mol. The van der Waals surface area contributed by atoms with Gasteiger partial charge >= 0.3 is 6.18 Å². The van der Waals surface area contributed by atoms with Crippen LogP contribution in [0, 0.1) is 11.3 Å². The van der Waals surface area contributed by atoms with E-state index in [-0.39, 0.29) is 27.6 Å². The lowest BCUT2D eigenvalue weighted by Crippen LogP contribution is -2.12. The van der Waals surface area contributed by atoms with Crippen molar-refractivity contribution in [3.63, 3.8) is 0 Å². The highest BCUT2D eigenvalue weighted by Gasteiger charge is 2.30. The SMILES string of the molecule is N#Cc1cc2c(N)c(C(=O)Nc3ccc(C(F)(F)F)cc3)sc2nc1N. The summed E-state index contributed by atoms with van der Waals surface area (Å²) in [5, 5.41) is 11.9. The molecule has 0 atom stereocenters. The van der Waals surface area contributed by atoms with Gasteiger partial charge in [0.05, 0.1) is 16.8 Å². The molecular weight excluding hydrogens is 367 g/mol. The third-order valence-corrected chi connectivity index (χ3v) is 4.66. The Kier molecular flexibility index (Phi) is 4.17. The first-order valence-corrected chi connectivity index (χ1v) is 7.89. The highest BCUT2D eigenvalue weighted by molar-refractivity contribution is 7.21. The summed E-state index contributed by atoms with van der Waals surface area (Å²) in [5.41, 5.74) is 11.2. The molecule has 0 saturated carbocycles. The van der Waals surface area contributed by atoms with E-state index in [2.05, 4.69) is 10.3 Å². The van der Waals surface area contributed by atoms with E-state index >= 15 is 0 Å². The topological polar surface area (TPSA) is 118 Å². The molecule has 0 fully saturated rings. The number of nitrogens with two attached hydrogens (primary N) is 2. The molecule has 3 rings (SSSR count). The van der Waals surface area contributed by atoms with Crippen molar-refractivity contribution in [2.24, 2.45) is 0 Å². The molecule has 2 aromatic heterocycles. The molecule has 2 heterocycles. The Bertz CT molecular complexity index is 1050. The minimum absolute atomic E-state index is 0.0240. The standard InChI is InChI=1S/C16H10F3N5OS/c17-16(18,19)8-1-3-9(4-2-8)23-14(25)12-11(21)10-5-7(6-20)13(22)24-15(10)26-12/h1-5H,21H2,(H2,22,24)(H,23,25). The van der Waals surface area contributed by atoms with Gasteiger partial charge in [-0.2, -0.15) is 18.4 Å². The average Bonchev–Trinajstić information content (AvgIpc) is 2.89. The Balaban J connectivity index is 1.91. The predicted molar refractivity (Wildman–Crippen MR) is 92.6 cm³/mol. The average molecular weight is 377 g/mol. The fourth-order valence-corrected chi connectivity index (χ4v) is 3.22. The number of nitriles is 1. The second-order valence-corrected chi connectivity index (χ2v) is 6.26. The number of nitrogens with zero attached hydrogens (tertiary/aromatic N) is 2. The number of pyridine rings is 1. The molecule has 0 aliphatic heterocycles. The summed E-state index contributed by atoms with van der Waals surface area (Å²) in [6.07, 6.45) is -4.46. The lowest BCUT2D eigenvalue weighted by molar-refractivity contribution is -0.137. The molecule has 0 spiro atoms. The molecular formula is C16H10F3N5OS. The summed E-state index contributed by atoms with van der Waals surface area (Å²) in [4.78, 5) is 17.0. The first kappa shape index (κ1) is 17.5. The number of amides is 1. The van der Waals surface area contributed by atoms with E-state index in [1.54, 1.807) is 0 Å². The van der Waals surface area contributed by atoms with Crippen molar-refractivity contribution in [3.05, 3.63) is 46.3 Å². The highest BCUT2D eigenvalue weighted by Crippen LogP contribution is 2.35. The van der Waals surface area contributed by atoms with Crippen LogP contribution in [0.25, 0.3) is 10.2 Å². The molecule has 6 nitrogen and oxygen atoms in total. The van der Waals surface area contributed by atoms with Crippen LogP contribution in [0.4, 0.5) is 30.4 Å². The molecule has 10 heteroatoms. The first-order chi connectivity index (χ1) is 12.2. The number of alkyl halides is 3. The summed E-state index contributed by atoms with van der Waals surface area (Å²) in [6, 6.07) is 7.35. The van der Waals surface area contributed by atoms with Crippen LogP contribution in [-0.4, -0.2) is 10.9 Å². The van der Waals surface area contributed by atoms with Crippen LogP contribution in [0.2, 0.25) is 0 Å². The molecule has 0 radical (unpaired) electrons. The van der Waals surface area contributed by atoms with Crippen LogP contribution in [0.1, 0.15) is 20.8 Å². The van der Waals surface area contributed by atoms with E-state index in [4.69, 9.17) is 16.7 Å². The Labute approximate surface area is 148 Å². The van der Waals surface area contributed by atoms with Crippen LogP contribution in [0.3, 0.4) is 0 Å². The largest absolute Gasteiger partial charge is 0.416 e. The van der Waals surface area contributed by atoms with Crippen LogP contribution >= 0.6 is 11.3 Å². The zero-order valence-electron chi connectivity index (χ0n) is 12.9. The predicted octanol–water partition coefficient (Wildman–Crippen LogP) is 3.60. The highest BCUT2D eigenvalue weighted by atomic mass is 32.1. The summed E-state index contributed by atoms with van der Waals surface area (Å²) < 4.78 is 37.7. The molecule has 5 N–H and O–H groups in total. The van der Waals surface area contributed by atoms with E-state index < -0.39 is 17.6 Å². The second-order valence-electron chi connectivity index (χ2n) is 5.26. The van der Waals surface area contributed by atoms with Gasteiger partial charge in [-0.15, -0.1) is 11.3 Å². The maximum atomic E-state index is 12.6. The third kappa shape index (κ3) is 3.12. The van der Waals surface area contributed by atoms with E-state index in [9.17, 15) is 18.0 Å². The van der Waals surface area contributed by atoms with Crippen LogP contribution in [0.15, 0.2) is 30.3 Å². The van der Waals surface area contributed by atoms with Gasteiger partial charge in [0.15, 0.2) is 0 Å². The molecule has 26 heavy (non-hydrogen) atoms. The Morgan fingerprint density at radius 3 is 2.46 bits per heavy atom. The molecule has 0 aliphatic carbocycles. The molecule has 1 amide bonds. The number of carbonyl (C=O) groups excluding carboxylic acids is 1. The van der Waals surface area contributed by atoms with Gasteiger partial charge in [0, 0.05) is 11.1 Å². The number of benzene rings is 1. The zero-order valence-corrected chi connectivity index (χ0v) is 13.7. The van der Waals surface area contributed by atoms with E-state index in [1.807, 2.05) is 6.07 Å². The van der Waals surface area contributed by atoms with Crippen molar-refractivity contribution >= 4 is 44.7 Å². The number of rotatable bonds is 2. The third-order valence-electron chi connectivity index (χ3n) is 3.55. The van der Waals surface area contributed by atoms with Crippen molar-refractivity contribution in [2.45, 2.75) is 6.18 Å². The van der Waals surface area contributed by atoms with Crippen molar-refractivity contribution in [1.82, 2.24) is 4.98 Å². The molecule has 0 aliphatic rings. The number of fused-ring (bicyclic) bond motifs is 1. The van der Waals surface area contributed by atoms with Gasteiger partial charge in [0.1, 0.15) is 21.6 Å². The number of nitrogens with one attached hydrogen (secondary N) is 1. The molecule has 132 valence electrons. The second kappa shape index (κ2) is 6.20. The van der Waals surface area contributed by atoms with Crippen LogP contribution < -0.4 is 16.8 Å². The number of thiophene rings is 1. The normalized spacial score (nSPS) is 11.3. The minimum atomic E-state index is -4.46. The van der Waals surface area contributed by atoms with Crippen LogP contribution in [-0.2, 0) is 6.18 Å². The number of hydrogen-bond acceptors (Lipinski definition) is 6. The van der Waals surface area contributed by atoms with E-state index in [0.29, 0.717) is 10.2 Å². The van der Waals surface area contributed by atoms with Gasteiger partial charge < -0.3 is 16.8 Å². The number of carbonyl (C=O) groups is 1. The van der Waals surface area contributed by atoms with Gasteiger partial charge in [-0.1, -0.05) is 0 Å². The number of halogens is 3. The van der Waals surface area contributed by atoms with Crippen molar-refractivity contribution in [3.8, 4) is 6.07 Å². The van der Waals surface area contributed by atoms with Gasteiger partial charge in [0.25, 0.3) is 5.91 Å². The van der Waals surface area contributed by atoms with Gasteiger partial charge in [-0.25, -0.2) is 4.98 Å². The van der Waals surface area contributed by atoms with Gasteiger partial charge in [-0.3, -0.25) is 4.79 Å². The maximum absolute atomic E-state index is 12.6. The number of hydrogen-bond donors (Lipinski definition) is 3. The number of nitrogen functional groups attached to an aromatic ring is 2. The number of aromatic nitrogens is 1. The number of anilines is 3. The maximum Gasteiger partial charge on any atom is 0.416 e. The van der Waals surface area contributed by atoms with Gasteiger partial charge in [-0.05, 0) is 30.3 Å². The Morgan fingerprint density at radius 2 is 1.88 bits per heavy atom. The fourth-order valence-electron chi connectivity index (χ4n) is 2.24. The summed E-state index contributed by atoms with van der Waals surface area (Å²) in [5.74, 6) is -0.571. The quantitative estimate of drug-likeness (QED) is 0.631. The van der Waals surface area contributed by atoms with Crippen molar-refractivity contribution in [2.75, 3.05) is 16.8 Å². The lowest BCUT2D eigenvalue weighted by Gasteiger charge is -2.08. The molecule has 1 aromatic carbocycles. The van der Waals surface area contributed by atoms with E-state index in [0.717, 1.165) is 35.6 Å². The summed E-state index contributed by atoms with van der Waals surface area (Å²) in [7, 11) is 0. The molecule has 0 bridgehead atoms. The van der Waals surface area contributed by atoms with Crippen molar-refractivity contribution < 1.29 is 18.0 Å². The Hall–Kier alpha value is -3.32. The smallest absolute Gasteiger partial charge is 0.397 e. The van der Waals surface area contributed by atoms with E-state index in [1.165, 1.54) is 6.07 Å². The van der Waals surface area contributed by atoms with Crippen LogP contribution in [0.5, 0.6) is 0 Å². The summed E-state index contributed by atoms with van der Waals surface area (Å²) in [6.45, 7) is 0. The molecule has 0 saturated heterocycles. The first-order valence-electron chi connectivity index (χ1n) is 7.08. The fraction of sp³-hybridized carbons (Fsp3) is 0.0625. The molecule has 0 unspecified atom stereocenters. The lowest BCUT2D eigenvalue weighted by atomic mass is 10.2. The summed E-state index contributed by atoms with van der Waals surface area (Å²) >= 11 is 0.974. The Morgan fingerprint density at radius 1 is 1.23 bits per heavy atom. The molecule has 3 aromatic rings. The van der Waals surface area contributed by atoms with Crippen molar-refractivity contribution in [1.29, 1.82) is 5.26 Å².